The number of nitrogens with one attached hydrogen (secondary N) is 2. The third-order valence-electron chi connectivity index (χ3n) is 4.43. The van der Waals surface area contributed by atoms with Crippen molar-refractivity contribution < 1.29 is 14.3 Å². The molecule has 0 radical (unpaired) electrons. The minimum atomic E-state index is -0.372. The van der Waals surface area contributed by atoms with Crippen molar-refractivity contribution in [2.45, 2.75) is 0 Å². The summed E-state index contributed by atoms with van der Waals surface area (Å²) in [5.41, 5.74) is 3.27. The molecule has 0 saturated heterocycles. The standard InChI is InChI=1S/C23H18N4O3/c1-30-18-12-10-17(11-13-18)25-22(28)15-6-8-16(9-7-15)26-23(29)21-14-24-19-4-2-3-5-20(19)27-21/h2-14H,1H3,(H,25,28)(H,26,29). The SMILES string of the molecule is COc1ccc(NC(=O)c2ccc(NC(=O)c3cnc4ccccc4n3)cc2)cc1. The number of aromatic nitrogens is 2. The second-order valence-electron chi connectivity index (χ2n) is 6.46. The van der Waals surface area contributed by atoms with Gasteiger partial charge < -0.3 is 15.4 Å². The number of hydrogen-bond acceptors (Lipinski definition) is 5. The molecule has 0 unspecified atom stereocenters. The van der Waals surface area contributed by atoms with E-state index in [0.29, 0.717) is 28.2 Å². The second-order valence-corrected chi connectivity index (χ2v) is 6.46. The van der Waals surface area contributed by atoms with E-state index in [9.17, 15) is 9.59 Å². The molecule has 7 heteroatoms. The minimum absolute atomic E-state index is 0.218. The number of rotatable bonds is 5. The molecule has 4 rings (SSSR count). The lowest BCUT2D eigenvalue weighted by Crippen LogP contribution is -2.15. The number of carbonyl (C=O) groups excluding carboxylic acids is 2. The molecule has 0 spiro atoms. The van der Waals surface area contributed by atoms with Crippen molar-refractivity contribution in [1.29, 1.82) is 0 Å². The predicted molar refractivity (Wildman–Crippen MR) is 115 cm³/mol. The van der Waals surface area contributed by atoms with Crippen molar-refractivity contribution in [3.63, 3.8) is 0 Å². The summed E-state index contributed by atoms with van der Waals surface area (Å²) in [6.07, 6.45) is 1.44. The number of amides is 2. The van der Waals surface area contributed by atoms with Crippen molar-refractivity contribution in [3.05, 3.63) is 90.3 Å². The molecule has 0 aliphatic carbocycles. The highest BCUT2D eigenvalue weighted by molar-refractivity contribution is 6.06. The molecule has 1 aromatic heterocycles. The first kappa shape index (κ1) is 19.1. The molecule has 30 heavy (non-hydrogen) atoms. The van der Waals surface area contributed by atoms with Gasteiger partial charge in [-0.3, -0.25) is 14.6 Å². The molecule has 0 aliphatic heterocycles. The van der Waals surface area contributed by atoms with Gasteiger partial charge in [0.05, 0.1) is 24.3 Å². The maximum atomic E-state index is 12.5. The molecule has 0 aliphatic rings. The van der Waals surface area contributed by atoms with Crippen LogP contribution in [0.1, 0.15) is 20.8 Å². The van der Waals surface area contributed by atoms with Crippen LogP contribution in [0, 0.1) is 0 Å². The number of anilines is 2. The van der Waals surface area contributed by atoms with E-state index in [-0.39, 0.29) is 17.5 Å². The van der Waals surface area contributed by atoms with Crippen LogP contribution in [0.2, 0.25) is 0 Å². The number of fused-ring (bicyclic) bond motifs is 1. The van der Waals surface area contributed by atoms with E-state index in [1.807, 2.05) is 18.2 Å². The van der Waals surface area contributed by atoms with Gasteiger partial charge in [0.1, 0.15) is 11.4 Å². The normalized spacial score (nSPS) is 10.4. The average molecular weight is 398 g/mol. The van der Waals surface area contributed by atoms with Crippen LogP contribution < -0.4 is 15.4 Å². The van der Waals surface area contributed by atoms with E-state index in [4.69, 9.17) is 4.74 Å². The molecular weight excluding hydrogens is 380 g/mol. The summed E-state index contributed by atoms with van der Waals surface area (Å²) in [5.74, 6) is 0.0892. The van der Waals surface area contributed by atoms with Crippen molar-refractivity contribution >= 4 is 34.2 Å². The summed E-state index contributed by atoms with van der Waals surface area (Å²) in [6.45, 7) is 0. The lowest BCUT2D eigenvalue weighted by molar-refractivity contribution is 0.101. The van der Waals surface area contributed by atoms with Gasteiger partial charge >= 0.3 is 0 Å². The Morgan fingerprint density at radius 1 is 0.767 bits per heavy atom. The minimum Gasteiger partial charge on any atom is -0.497 e. The number of hydrogen-bond donors (Lipinski definition) is 2. The maximum absolute atomic E-state index is 12.5. The smallest absolute Gasteiger partial charge is 0.275 e. The van der Waals surface area contributed by atoms with E-state index < -0.39 is 0 Å². The summed E-state index contributed by atoms with van der Waals surface area (Å²) in [7, 11) is 1.58. The molecule has 2 amide bonds. The topological polar surface area (TPSA) is 93.2 Å². The summed E-state index contributed by atoms with van der Waals surface area (Å²) in [6, 6.07) is 21.0. The zero-order valence-corrected chi connectivity index (χ0v) is 16.1. The molecule has 1 heterocycles. The van der Waals surface area contributed by atoms with Crippen LogP contribution in [0.5, 0.6) is 5.75 Å². The molecule has 0 bridgehead atoms. The molecule has 2 N–H and O–H groups in total. The molecule has 3 aromatic carbocycles. The number of para-hydroxylation sites is 2. The van der Waals surface area contributed by atoms with Crippen molar-refractivity contribution in [1.82, 2.24) is 9.97 Å². The Morgan fingerprint density at radius 3 is 2.03 bits per heavy atom. The Bertz CT molecular complexity index is 1210. The quantitative estimate of drug-likeness (QED) is 0.527. The van der Waals surface area contributed by atoms with E-state index >= 15 is 0 Å². The van der Waals surface area contributed by atoms with Crippen LogP contribution in [0.3, 0.4) is 0 Å². The first-order chi connectivity index (χ1) is 14.6. The number of nitrogens with zero attached hydrogens (tertiary/aromatic N) is 2. The van der Waals surface area contributed by atoms with Gasteiger partial charge in [-0.25, -0.2) is 4.98 Å². The highest BCUT2D eigenvalue weighted by Gasteiger charge is 2.11. The monoisotopic (exact) mass is 398 g/mol. The van der Waals surface area contributed by atoms with Crippen molar-refractivity contribution in [2.24, 2.45) is 0 Å². The average Bonchev–Trinajstić information content (AvgIpc) is 2.79. The molecule has 4 aromatic rings. The zero-order valence-electron chi connectivity index (χ0n) is 16.1. The molecule has 148 valence electrons. The third kappa shape index (κ3) is 4.25. The van der Waals surface area contributed by atoms with Crippen LogP contribution in [-0.2, 0) is 0 Å². The predicted octanol–water partition coefficient (Wildman–Crippen LogP) is 4.14. The van der Waals surface area contributed by atoms with Crippen molar-refractivity contribution in [2.75, 3.05) is 17.7 Å². The summed E-state index contributed by atoms with van der Waals surface area (Å²) in [4.78, 5) is 33.4. The number of carbonyl (C=O) groups is 2. The Hall–Kier alpha value is -4.26. The zero-order chi connectivity index (χ0) is 20.9. The fraction of sp³-hybridized carbons (Fsp3) is 0.0435. The van der Waals surface area contributed by atoms with Gasteiger partial charge in [0.25, 0.3) is 11.8 Å². The van der Waals surface area contributed by atoms with Gasteiger partial charge in [-0.15, -0.1) is 0 Å². The summed E-state index contributed by atoms with van der Waals surface area (Å²) >= 11 is 0. The van der Waals surface area contributed by atoms with Gasteiger partial charge in [0.2, 0.25) is 0 Å². The van der Waals surface area contributed by atoms with Crippen LogP contribution in [0.25, 0.3) is 11.0 Å². The highest BCUT2D eigenvalue weighted by Crippen LogP contribution is 2.17. The van der Waals surface area contributed by atoms with E-state index in [0.717, 1.165) is 5.52 Å². The number of methoxy groups -OCH3 is 1. The van der Waals surface area contributed by atoms with Crippen LogP contribution in [-0.4, -0.2) is 28.9 Å². The molecular formula is C23H18N4O3. The highest BCUT2D eigenvalue weighted by atomic mass is 16.5. The molecule has 7 nitrogen and oxygen atoms in total. The Balaban J connectivity index is 1.42. The second kappa shape index (κ2) is 8.40. The molecule has 0 saturated carbocycles. The fourth-order valence-corrected chi connectivity index (χ4v) is 2.84. The van der Waals surface area contributed by atoms with Gasteiger partial charge in [-0.1, -0.05) is 12.1 Å². The van der Waals surface area contributed by atoms with Gasteiger partial charge in [0.15, 0.2) is 0 Å². The van der Waals surface area contributed by atoms with Gasteiger partial charge in [-0.05, 0) is 60.7 Å². The lowest BCUT2D eigenvalue weighted by Gasteiger charge is -2.08. The number of benzene rings is 3. The maximum Gasteiger partial charge on any atom is 0.275 e. The Labute approximate surface area is 172 Å². The fourth-order valence-electron chi connectivity index (χ4n) is 2.84. The number of ether oxygens (including phenoxy) is 1. The van der Waals surface area contributed by atoms with Crippen LogP contribution in [0.4, 0.5) is 11.4 Å². The first-order valence-corrected chi connectivity index (χ1v) is 9.21. The van der Waals surface area contributed by atoms with Gasteiger partial charge in [-0.2, -0.15) is 0 Å². The molecule has 0 atom stereocenters. The van der Waals surface area contributed by atoms with E-state index in [2.05, 4.69) is 20.6 Å². The van der Waals surface area contributed by atoms with Crippen LogP contribution in [0.15, 0.2) is 79.0 Å². The Morgan fingerprint density at radius 2 is 1.37 bits per heavy atom. The van der Waals surface area contributed by atoms with E-state index in [1.54, 1.807) is 61.7 Å². The summed E-state index contributed by atoms with van der Waals surface area (Å²) in [5, 5.41) is 5.58. The van der Waals surface area contributed by atoms with Gasteiger partial charge in [0, 0.05) is 16.9 Å². The first-order valence-electron chi connectivity index (χ1n) is 9.21. The van der Waals surface area contributed by atoms with Crippen molar-refractivity contribution in [3.8, 4) is 5.75 Å². The molecule has 0 fully saturated rings. The lowest BCUT2D eigenvalue weighted by atomic mass is 10.2. The largest absolute Gasteiger partial charge is 0.497 e. The third-order valence-corrected chi connectivity index (χ3v) is 4.43. The Kier molecular flexibility index (Phi) is 5.34. The summed E-state index contributed by atoms with van der Waals surface area (Å²) < 4.78 is 5.10. The van der Waals surface area contributed by atoms with E-state index in [1.165, 1.54) is 6.20 Å². The van der Waals surface area contributed by atoms with Crippen LogP contribution >= 0.6 is 0 Å².